The molecule has 0 radical (unpaired) electrons. The Bertz CT molecular complexity index is 799. The number of anilines is 1. The van der Waals surface area contributed by atoms with Crippen molar-refractivity contribution < 1.29 is 9.90 Å². The van der Waals surface area contributed by atoms with Crippen LogP contribution in [0.25, 0.3) is 11.2 Å². The quantitative estimate of drug-likeness (QED) is 0.736. The van der Waals surface area contributed by atoms with Gasteiger partial charge in [0.2, 0.25) is 5.95 Å². The number of likely N-dealkylation sites (N-methyl/N-ethyl adjacent to an activating group) is 1. The van der Waals surface area contributed by atoms with Crippen LogP contribution in [0.1, 0.15) is 6.92 Å². The highest BCUT2D eigenvalue weighted by atomic mass is 16.4. The van der Waals surface area contributed by atoms with Gasteiger partial charge in [-0.1, -0.05) is 0 Å². The molecular formula is C11H15N5O4. The number of fused-ring (bicyclic) bond motifs is 1. The highest BCUT2D eigenvalue weighted by Crippen LogP contribution is 2.14. The molecule has 0 aliphatic heterocycles. The molecule has 2 aromatic rings. The molecule has 0 aliphatic carbocycles. The van der Waals surface area contributed by atoms with Crippen molar-refractivity contribution in [2.45, 2.75) is 13.0 Å². The van der Waals surface area contributed by atoms with E-state index in [0.717, 1.165) is 4.57 Å². The van der Waals surface area contributed by atoms with Crippen LogP contribution >= 0.6 is 0 Å². The van der Waals surface area contributed by atoms with E-state index in [1.165, 1.54) is 30.5 Å². The Balaban J connectivity index is 2.69. The fourth-order valence-electron chi connectivity index (χ4n) is 1.83. The second-order valence-electron chi connectivity index (χ2n) is 4.59. The zero-order valence-electron chi connectivity index (χ0n) is 11.5. The zero-order valence-corrected chi connectivity index (χ0v) is 11.5. The van der Waals surface area contributed by atoms with E-state index in [2.05, 4.69) is 9.97 Å². The lowest BCUT2D eigenvalue weighted by atomic mass is 10.3. The fourth-order valence-corrected chi connectivity index (χ4v) is 1.83. The summed E-state index contributed by atoms with van der Waals surface area (Å²) < 4.78 is 2.20. The maximum atomic E-state index is 12.0. The summed E-state index contributed by atoms with van der Waals surface area (Å²) >= 11 is 0. The van der Waals surface area contributed by atoms with Crippen LogP contribution in [0, 0.1) is 0 Å². The number of aryl methyl sites for hydroxylation is 1. The largest absolute Gasteiger partial charge is 0.480 e. The van der Waals surface area contributed by atoms with Crippen molar-refractivity contribution in [1.82, 2.24) is 19.1 Å². The number of carbonyl (C=O) groups is 1. The van der Waals surface area contributed by atoms with Gasteiger partial charge >= 0.3 is 11.7 Å². The van der Waals surface area contributed by atoms with Crippen LogP contribution in [0.15, 0.2) is 9.59 Å². The zero-order chi connectivity index (χ0) is 15.2. The lowest BCUT2D eigenvalue weighted by Crippen LogP contribution is -2.36. The standard InChI is InChI=1S/C11H15N5O4/c1-5(9(18)19)14(2)10-12-6-7(13-10)15(3)11(20)16(4)8(6)17/h5H,1-4H3,(H,12,13)(H,18,19). The van der Waals surface area contributed by atoms with Gasteiger partial charge in [0.05, 0.1) is 0 Å². The van der Waals surface area contributed by atoms with Gasteiger partial charge in [0.1, 0.15) is 6.04 Å². The first-order chi connectivity index (χ1) is 9.25. The Hall–Kier alpha value is -2.58. The summed E-state index contributed by atoms with van der Waals surface area (Å²) in [6.07, 6.45) is 0. The van der Waals surface area contributed by atoms with Crippen LogP contribution in [0.3, 0.4) is 0 Å². The molecule has 0 spiro atoms. The molecule has 9 nitrogen and oxygen atoms in total. The summed E-state index contributed by atoms with van der Waals surface area (Å²) in [6, 6.07) is -0.823. The number of nitrogens with zero attached hydrogens (tertiary/aromatic N) is 4. The average molecular weight is 281 g/mol. The Morgan fingerprint density at radius 1 is 1.35 bits per heavy atom. The second-order valence-corrected chi connectivity index (χ2v) is 4.59. The summed E-state index contributed by atoms with van der Waals surface area (Å²) in [6.45, 7) is 1.49. The van der Waals surface area contributed by atoms with Gasteiger partial charge < -0.3 is 15.0 Å². The Morgan fingerprint density at radius 2 is 1.95 bits per heavy atom. The van der Waals surface area contributed by atoms with Crippen molar-refractivity contribution in [2.24, 2.45) is 14.1 Å². The highest BCUT2D eigenvalue weighted by Gasteiger charge is 2.21. The molecule has 0 saturated carbocycles. The van der Waals surface area contributed by atoms with Gasteiger partial charge in [-0.05, 0) is 6.92 Å². The Labute approximate surface area is 113 Å². The molecule has 2 N–H and O–H groups in total. The molecule has 0 saturated heterocycles. The van der Waals surface area contributed by atoms with Gasteiger partial charge in [0.25, 0.3) is 5.56 Å². The first kappa shape index (κ1) is 13.8. The number of rotatable bonds is 3. The van der Waals surface area contributed by atoms with E-state index in [-0.39, 0.29) is 17.1 Å². The summed E-state index contributed by atoms with van der Waals surface area (Å²) in [5.41, 5.74) is -0.640. The predicted octanol–water partition coefficient (Wildman–Crippen LogP) is -1.13. The molecule has 0 aliphatic rings. The maximum Gasteiger partial charge on any atom is 0.332 e. The van der Waals surface area contributed by atoms with Crippen LogP contribution in [0.2, 0.25) is 0 Å². The fraction of sp³-hybridized carbons (Fsp3) is 0.455. The molecule has 9 heteroatoms. The molecule has 0 amide bonds. The van der Waals surface area contributed by atoms with E-state index < -0.39 is 23.3 Å². The van der Waals surface area contributed by atoms with Gasteiger partial charge in [0.15, 0.2) is 11.2 Å². The average Bonchev–Trinajstić information content (AvgIpc) is 2.86. The summed E-state index contributed by atoms with van der Waals surface area (Å²) in [4.78, 5) is 43.0. The molecule has 0 aromatic carbocycles. The first-order valence-corrected chi connectivity index (χ1v) is 5.87. The maximum absolute atomic E-state index is 12.0. The molecule has 108 valence electrons. The van der Waals surface area contributed by atoms with Crippen LogP contribution < -0.4 is 16.1 Å². The molecule has 0 bridgehead atoms. The predicted molar refractivity (Wildman–Crippen MR) is 72.1 cm³/mol. The van der Waals surface area contributed by atoms with Gasteiger partial charge in [0, 0.05) is 21.1 Å². The second kappa shape index (κ2) is 4.51. The summed E-state index contributed by atoms with van der Waals surface area (Å²) in [5.74, 6) is -0.803. The third-order valence-electron chi connectivity index (χ3n) is 3.35. The number of carboxylic acid groups (broad SMARTS) is 1. The van der Waals surface area contributed by atoms with Crippen molar-refractivity contribution in [3.63, 3.8) is 0 Å². The smallest absolute Gasteiger partial charge is 0.332 e. The highest BCUT2D eigenvalue weighted by molar-refractivity contribution is 5.78. The number of aromatic amines is 1. The lowest BCUT2D eigenvalue weighted by Gasteiger charge is -2.19. The Kier molecular flexibility index (Phi) is 3.12. The first-order valence-electron chi connectivity index (χ1n) is 5.87. The molecule has 1 atom stereocenters. The monoisotopic (exact) mass is 281 g/mol. The Morgan fingerprint density at radius 3 is 2.50 bits per heavy atom. The van der Waals surface area contributed by atoms with E-state index in [4.69, 9.17) is 5.11 Å². The van der Waals surface area contributed by atoms with Crippen molar-refractivity contribution in [3.8, 4) is 0 Å². The molecule has 2 aromatic heterocycles. The number of carboxylic acids is 1. The number of imidazole rings is 1. The van der Waals surface area contributed by atoms with Gasteiger partial charge in [-0.2, -0.15) is 4.98 Å². The molecular weight excluding hydrogens is 266 g/mol. The van der Waals surface area contributed by atoms with E-state index in [1.807, 2.05) is 0 Å². The number of aromatic nitrogens is 4. The van der Waals surface area contributed by atoms with Crippen molar-refractivity contribution in [2.75, 3.05) is 11.9 Å². The van der Waals surface area contributed by atoms with Crippen LogP contribution in [-0.2, 0) is 18.9 Å². The molecule has 2 rings (SSSR count). The minimum atomic E-state index is -1.02. The van der Waals surface area contributed by atoms with Gasteiger partial charge in [-0.25, -0.2) is 9.59 Å². The summed E-state index contributed by atoms with van der Waals surface area (Å²) in [7, 11) is 4.41. The van der Waals surface area contributed by atoms with E-state index in [1.54, 1.807) is 7.05 Å². The van der Waals surface area contributed by atoms with Crippen molar-refractivity contribution in [3.05, 3.63) is 20.8 Å². The lowest BCUT2D eigenvalue weighted by molar-refractivity contribution is -0.138. The van der Waals surface area contributed by atoms with E-state index in [0.29, 0.717) is 0 Å². The van der Waals surface area contributed by atoms with Gasteiger partial charge in [-0.3, -0.25) is 13.9 Å². The van der Waals surface area contributed by atoms with Crippen molar-refractivity contribution >= 4 is 23.1 Å². The number of nitrogens with one attached hydrogen (secondary N) is 1. The molecule has 20 heavy (non-hydrogen) atoms. The third-order valence-corrected chi connectivity index (χ3v) is 3.35. The number of aliphatic carboxylic acids is 1. The van der Waals surface area contributed by atoms with Crippen LogP contribution in [-0.4, -0.2) is 43.3 Å². The molecule has 1 unspecified atom stereocenters. The van der Waals surface area contributed by atoms with E-state index in [9.17, 15) is 14.4 Å². The van der Waals surface area contributed by atoms with Crippen molar-refractivity contribution in [1.29, 1.82) is 0 Å². The van der Waals surface area contributed by atoms with E-state index >= 15 is 0 Å². The molecule has 2 heterocycles. The minimum absolute atomic E-state index is 0.161. The number of hydrogen-bond donors (Lipinski definition) is 2. The number of hydrogen-bond acceptors (Lipinski definition) is 5. The van der Waals surface area contributed by atoms with Gasteiger partial charge in [-0.15, -0.1) is 0 Å². The normalized spacial score (nSPS) is 12.6. The number of H-pyrrole nitrogens is 1. The topological polar surface area (TPSA) is 113 Å². The van der Waals surface area contributed by atoms with Crippen LogP contribution in [0.4, 0.5) is 5.95 Å². The van der Waals surface area contributed by atoms with Crippen LogP contribution in [0.5, 0.6) is 0 Å². The minimum Gasteiger partial charge on any atom is -0.480 e. The molecule has 0 fully saturated rings. The third kappa shape index (κ3) is 1.87. The summed E-state index contributed by atoms with van der Waals surface area (Å²) in [5, 5.41) is 8.98. The SMILES string of the molecule is CC(C(=O)O)N(C)c1nc2c([nH]1)c(=O)n(C)c(=O)n2C.